The van der Waals surface area contributed by atoms with Crippen LogP contribution in [-0.4, -0.2) is 37.8 Å². The second kappa shape index (κ2) is 13.2. The van der Waals surface area contributed by atoms with E-state index in [0.29, 0.717) is 25.1 Å². The SMILES string of the molecule is Cc1ccc(CC(CNC(=O)Cn2cccc2)n2c(=NC(=O)OC(C)(C)C)n(Cc3ccc(C)cc3)c3ccccc32)cc1. The average molecular weight is 592 g/mol. The van der Waals surface area contributed by atoms with Crippen molar-refractivity contribution in [2.45, 2.75) is 65.8 Å². The number of fused-ring (bicyclic) bond motifs is 1. The van der Waals surface area contributed by atoms with E-state index in [4.69, 9.17) is 4.74 Å². The van der Waals surface area contributed by atoms with E-state index in [-0.39, 0.29) is 18.5 Å². The van der Waals surface area contributed by atoms with Crippen molar-refractivity contribution in [2.24, 2.45) is 4.99 Å². The Labute approximate surface area is 258 Å². The quantitative estimate of drug-likeness (QED) is 0.217. The van der Waals surface area contributed by atoms with Crippen LogP contribution in [0.15, 0.2) is 102 Å². The van der Waals surface area contributed by atoms with E-state index in [1.54, 1.807) is 0 Å². The van der Waals surface area contributed by atoms with E-state index in [1.807, 2.05) is 74.1 Å². The third-order valence-electron chi connectivity index (χ3n) is 7.42. The smallest absolute Gasteiger partial charge is 0.437 e. The molecule has 0 aliphatic carbocycles. The van der Waals surface area contributed by atoms with Gasteiger partial charge in [0.15, 0.2) is 0 Å². The molecule has 228 valence electrons. The van der Waals surface area contributed by atoms with Crippen LogP contribution in [0.2, 0.25) is 0 Å². The molecule has 3 aromatic carbocycles. The third-order valence-corrected chi connectivity index (χ3v) is 7.42. The molecule has 2 amide bonds. The molecule has 0 saturated heterocycles. The molecule has 2 heterocycles. The summed E-state index contributed by atoms with van der Waals surface area (Å²) in [7, 11) is 0. The number of para-hydroxylation sites is 2. The fraction of sp³-hybridized carbons (Fsp3) is 0.306. The van der Waals surface area contributed by atoms with Gasteiger partial charge in [-0.1, -0.05) is 71.8 Å². The third kappa shape index (κ3) is 7.75. The van der Waals surface area contributed by atoms with Gasteiger partial charge in [0.05, 0.1) is 23.6 Å². The van der Waals surface area contributed by atoms with Gasteiger partial charge in [0.25, 0.3) is 0 Å². The van der Waals surface area contributed by atoms with Crippen LogP contribution in [-0.2, 0) is 29.0 Å². The van der Waals surface area contributed by atoms with Crippen molar-refractivity contribution in [1.82, 2.24) is 19.0 Å². The summed E-state index contributed by atoms with van der Waals surface area (Å²) in [6.45, 7) is 10.7. The Kier molecular flexibility index (Phi) is 9.18. The van der Waals surface area contributed by atoms with Crippen LogP contribution in [0.4, 0.5) is 4.79 Å². The highest BCUT2D eigenvalue weighted by atomic mass is 16.6. The predicted molar refractivity (Wildman–Crippen MR) is 173 cm³/mol. The fourth-order valence-electron chi connectivity index (χ4n) is 5.29. The number of ether oxygens (including phenoxy) is 1. The lowest BCUT2D eigenvalue weighted by Crippen LogP contribution is -2.39. The van der Waals surface area contributed by atoms with Crippen LogP contribution < -0.4 is 10.9 Å². The number of amides is 2. The zero-order chi connectivity index (χ0) is 31.3. The van der Waals surface area contributed by atoms with E-state index in [2.05, 4.69) is 81.8 Å². The lowest BCUT2D eigenvalue weighted by molar-refractivity contribution is -0.121. The second-order valence-corrected chi connectivity index (χ2v) is 12.3. The number of carbonyl (C=O) groups excluding carboxylic acids is 2. The lowest BCUT2D eigenvalue weighted by Gasteiger charge is -2.22. The van der Waals surface area contributed by atoms with E-state index >= 15 is 0 Å². The van der Waals surface area contributed by atoms with E-state index in [1.165, 1.54) is 11.1 Å². The maximum atomic E-state index is 13.3. The molecule has 5 aromatic rings. The van der Waals surface area contributed by atoms with Crippen LogP contribution in [0.25, 0.3) is 11.0 Å². The van der Waals surface area contributed by atoms with Gasteiger partial charge in [0.2, 0.25) is 11.5 Å². The molecule has 44 heavy (non-hydrogen) atoms. The first-order valence-corrected chi connectivity index (χ1v) is 15.0. The molecule has 0 fully saturated rings. The van der Waals surface area contributed by atoms with Gasteiger partial charge in [-0.05, 0) is 76.4 Å². The number of aromatic nitrogens is 3. The van der Waals surface area contributed by atoms with Gasteiger partial charge in [-0.3, -0.25) is 4.79 Å². The number of nitrogens with one attached hydrogen (secondary N) is 1. The van der Waals surface area contributed by atoms with Crippen molar-refractivity contribution in [3.63, 3.8) is 0 Å². The van der Waals surface area contributed by atoms with Crippen molar-refractivity contribution in [3.8, 4) is 0 Å². The van der Waals surface area contributed by atoms with Crippen molar-refractivity contribution in [2.75, 3.05) is 6.54 Å². The Morgan fingerprint density at radius 3 is 2.02 bits per heavy atom. The van der Waals surface area contributed by atoms with E-state index in [0.717, 1.165) is 22.2 Å². The molecule has 8 nitrogen and oxygen atoms in total. The average Bonchev–Trinajstić information content (AvgIpc) is 3.58. The van der Waals surface area contributed by atoms with Crippen LogP contribution in [0.3, 0.4) is 0 Å². The fourth-order valence-corrected chi connectivity index (χ4v) is 5.29. The van der Waals surface area contributed by atoms with Crippen molar-refractivity contribution < 1.29 is 14.3 Å². The maximum absolute atomic E-state index is 13.3. The number of aryl methyl sites for hydroxylation is 2. The molecule has 1 N–H and O–H groups in total. The summed E-state index contributed by atoms with van der Waals surface area (Å²) < 4.78 is 11.7. The predicted octanol–water partition coefficient (Wildman–Crippen LogP) is 6.35. The van der Waals surface area contributed by atoms with Crippen molar-refractivity contribution >= 4 is 23.0 Å². The Bertz CT molecular complexity index is 1790. The molecule has 0 aliphatic heterocycles. The van der Waals surface area contributed by atoms with Gasteiger partial charge >= 0.3 is 6.09 Å². The standard InChI is InChI=1S/C36H41N5O3/c1-26-12-16-28(17-13-26)22-30(23-37-33(42)25-39-20-8-9-21-39)41-32-11-7-6-10-31(32)40(24-29-18-14-27(2)15-19-29)34(41)38-35(43)44-36(3,4)5/h6-21,30H,22-25H2,1-5H3,(H,37,42). The van der Waals surface area contributed by atoms with Gasteiger partial charge in [0, 0.05) is 18.9 Å². The normalized spacial score (nSPS) is 12.8. The van der Waals surface area contributed by atoms with E-state index < -0.39 is 11.7 Å². The van der Waals surface area contributed by atoms with Gasteiger partial charge in [-0.25, -0.2) is 4.79 Å². The number of nitrogens with zero attached hydrogens (tertiary/aromatic N) is 4. The summed E-state index contributed by atoms with van der Waals surface area (Å²) >= 11 is 0. The summed E-state index contributed by atoms with van der Waals surface area (Å²) in [5.41, 5.74) is 6.17. The number of imidazole rings is 1. The number of carbonyl (C=O) groups is 2. The number of hydrogen-bond acceptors (Lipinski definition) is 3. The zero-order valence-corrected chi connectivity index (χ0v) is 26.2. The Hall–Kier alpha value is -4.85. The van der Waals surface area contributed by atoms with E-state index in [9.17, 15) is 9.59 Å². The summed E-state index contributed by atoms with van der Waals surface area (Å²) in [5, 5.41) is 3.15. The molecule has 1 unspecified atom stereocenters. The summed E-state index contributed by atoms with van der Waals surface area (Å²) in [6.07, 6.45) is 3.69. The van der Waals surface area contributed by atoms with Crippen LogP contribution in [0.5, 0.6) is 0 Å². The number of hydrogen-bond donors (Lipinski definition) is 1. The zero-order valence-electron chi connectivity index (χ0n) is 26.2. The molecule has 0 spiro atoms. The summed E-state index contributed by atoms with van der Waals surface area (Å²) in [6, 6.07) is 28.4. The first kappa shape index (κ1) is 30.6. The largest absolute Gasteiger partial charge is 0.442 e. The van der Waals surface area contributed by atoms with Gasteiger partial charge in [-0.15, -0.1) is 4.99 Å². The lowest BCUT2D eigenvalue weighted by atomic mass is 10.0. The molecular formula is C36H41N5O3. The molecular weight excluding hydrogens is 550 g/mol. The Balaban J connectivity index is 1.65. The maximum Gasteiger partial charge on any atom is 0.437 e. The molecule has 0 aliphatic rings. The van der Waals surface area contributed by atoms with Gasteiger partial charge < -0.3 is 23.8 Å². The van der Waals surface area contributed by atoms with Gasteiger partial charge in [-0.2, -0.15) is 0 Å². The highest BCUT2D eigenvalue weighted by molar-refractivity contribution is 5.78. The summed E-state index contributed by atoms with van der Waals surface area (Å²) in [4.78, 5) is 30.9. The Morgan fingerprint density at radius 1 is 0.818 bits per heavy atom. The first-order valence-electron chi connectivity index (χ1n) is 15.0. The molecule has 8 heteroatoms. The minimum atomic E-state index is -0.701. The molecule has 0 radical (unpaired) electrons. The molecule has 2 aromatic heterocycles. The highest BCUT2D eigenvalue weighted by Crippen LogP contribution is 2.22. The minimum absolute atomic E-state index is 0.0928. The second-order valence-electron chi connectivity index (χ2n) is 12.3. The highest BCUT2D eigenvalue weighted by Gasteiger charge is 2.23. The van der Waals surface area contributed by atoms with Gasteiger partial charge in [0.1, 0.15) is 12.1 Å². The van der Waals surface area contributed by atoms with Crippen molar-refractivity contribution in [3.05, 3.63) is 125 Å². The number of rotatable bonds is 9. The minimum Gasteiger partial charge on any atom is -0.442 e. The molecule has 0 bridgehead atoms. The monoisotopic (exact) mass is 591 g/mol. The topological polar surface area (TPSA) is 82.6 Å². The molecule has 0 saturated carbocycles. The summed E-state index contributed by atoms with van der Waals surface area (Å²) in [5.74, 6) is -0.0928. The molecule has 5 rings (SSSR count). The van der Waals surface area contributed by atoms with Crippen LogP contribution in [0.1, 0.15) is 49.1 Å². The van der Waals surface area contributed by atoms with Crippen LogP contribution in [0, 0.1) is 13.8 Å². The van der Waals surface area contributed by atoms with Crippen LogP contribution >= 0.6 is 0 Å². The Morgan fingerprint density at radius 2 is 1.41 bits per heavy atom. The number of benzene rings is 3. The molecule has 1 atom stereocenters. The van der Waals surface area contributed by atoms with Crippen molar-refractivity contribution in [1.29, 1.82) is 0 Å². The first-order chi connectivity index (χ1) is 21.1.